The zero-order chi connectivity index (χ0) is 47.5. The van der Waals surface area contributed by atoms with Crippen LogP contribution in [0.25, 0.3) is 0 Å². The number of ether oxygens (including phenoxy) is 2. The summed E-state index contributed by atoms with van der Waals surface area (Å²) < 4.78 is 82.7. The number of nitrogens with one attached hydrogen (secondary N) is 2. The second-order valence-corrected chi connectivity index (χ2v) is 23.5. The Bertz CT molecular complexity index is 2770. The molecule has 3 aromatic carbocycles. The topological polar surface area (TPSA) is 274 Å². The highest BCUT2D eigenvalue weighted by Gasteiger charge is 2.59. The molecule has 0 radical (unpaired) electrons. The Hall–Kier alpha value is -5.71. The number of benzene rings is 3. The van der Waals surface area contributed by atoms with Crippen molar-refractivity contribution in [1.29, 1.82) is 0 Å². The van der Waals surface area contributed by atoms with Crippen LogP contribution < -0.4 is 10.8 Å². The number of methoxy groups -OCH3 is 2. The number of amides is 4. The van der Waals surface area contributed by atoms with Crippen LogP contribution in [0.5, 0.6) is 0 Å². The lowest BCUT2D eigenvalue weighted by molar-refractivity contribution is -0.129. The van der Waals surface area contributed by atoms with Gasteiger partial charge >= 0.3 is 11.9 Å². The van der Waals surface area contributed by atoms with Gasteiger partial charge in [0.1, 0.15) is 0 Å². The first kappa shape index (κ1) is 47.3. The first-order chi connectivity index (χ1) is 30.6. The van der Waals surface area contributed by atoms with Crippen LogP contribution in [0.15, 0.2) is 69.3 Å². The number of hydrogen-bond donors (Lipinski definition) is 3. The lowest BCUT2D eigenvalue weighted by Crippen LogP contribution is -2.48. The quantitative estimate of drug-likeness (QED) is 0.190. The molecule has 6 aliphatic rings. The number of esters is 2. The monoisotopic (exact) mass is 956 g/mol. The van der Waals surface area contributed by atoms with Gasteiger partial charge in [0.05, 0.1) is 40.0 Å². The second-order valence-electron chi connectivity index (χ2n) is 16.8. The summed E-state index contributed by atoms with van der Waals surface area (Å²) in [6.07, 6.45) is 2.95. The van der Waals surface area contributed by atoms with E-state index in [2.05, 4.69) is 14.8 Å². The molecule has 3 aromatic rings. The molecule has 3 fully saturated rings. The molecule has 3 spiro atoms. The van der Waals surface area contributed by atoms with Gasteiger partial charge in [0.15, 0.2) is 43.8 Å². The second kappa shape index (κ2) is 16.9. The Morgan fingerprint density at radius 2 is 0.954 bits per heavy atom. The average molecular weight is 957 g/mol. The predicted molar refractivity (Wildman–Crippen MR) is 228 cm³/mol. The van der Waals surface area contributed by atoms with E-state index in [0.29, 0.717) is 86.0 Å². The number of sulfone groups is 3. The van der Waals surface area contributed by atoms with Crippen LogP contribution in [-0.2, 0) is 72.6 Å². The van der Waals surface area contributed by atoms with Crippen molar-refractivity contribution in [2.24, 2.45) is 0 Å². The Morgan fingerprint density at radius 3 is 1.29 bits per heavy atom. The number of carbonyl (C=O) groups is 6. The van der Waals surface area contributed by atoms with Crippen molar-refractivity contribution >= 4 is 65.1 Å². The van der Waals surface area contributed by atoms with Crippen LogP contribution in [0.2, 0.25) is 0 Å². The van der Waals surface area contributed by atoms with Gasteiger partial charge in [0.2, 0.25) is 17.7 Å². The molecule has 3 saturated heterocycles. The van der Waals surface area contributed by atoms with E-state index in [1.165, 1.54) is 72.0 Å². The normalized spacial score (nSPS) is 26.1. The molecule has 0 bridgehead atoms. The average Bonchev–Trinajstić information content (AvgIpc) is 3.93. The van der Waals surface area contributed by atoms with Crippen LogP contribution in [0.1, 0.15) is 86.3 Å². The van der Waals surface area contributed by atoms with Crippen molar-refractivity contribution in [1.82, 2.24) is 20.6 Å². The van der Waals surface area contributed by atoms with Gasteiger partial charge in [-0.1, -0.05) is 0 Å². The number of hydroxylamine groups is 1. The molecule has 9 rings (SSSR count). The van der Waals surface area contributed by atoms with E-state index < -0.39 is 67.5 Å². The number of fused-ring (bicyclic) bond motifs is 3. The first-order valence-electron chi connectivity index (χ1n) is 20.6. The van der Waals surface area contributed by atoms with Crippen LogP contribution in [0.3, 0.4) is 0 Å². The molecule has 6 heterocycles. The van der Waals surface area contributed by atoms with Crippen molar-refractivity contribution in [3.8, 4) is 0 Å². The van der Waals surface area contributed by atoms with Gasteiger partial charge in [0.25, 0.3) is 5.91 Å². The fraction of sp³-hybridized carbons (Fsp3) is 0.442. The molecular formula is C43H48N4O15S3. The molecule has 0 saturated carbocycles. The Labute approximate surface area is 375 Å². The largest absolute Gasteiger partial charge is 0.465 e. The lowest BCUT2D eigenvalue weighted by Gasteiger charge is -2.32. The Kier molecular flexibility index (Phi) is 12.3. The maximum atomic E-state index is 13.0. The molecule has 0 aliphatic carbocycles. The van der Waals surface area contributed by atoms with Crippen molar-refractivity contribution < 1.29 is 68.7 Å². The fourth-order valence-corrected chi connectivity index (χ4v) is 16.6. The minimum Gasteiger partial charge on any atom is -0.465 e. The van der Waals surface area contributed by atoms with Gasteiger partial charge in [-0.15, -0.1) is 0 Å². The standard InChI is InChI=1S/C15H17NO5S.C14H16N2O5S.C14H15NO5S/c1-16-8-7-15(14(16)18)6-5-10-9-11(13(17)21-2)3-4-12(10)22(15,19)20;1-16-7-6-14(13(16)18)5-4-9-8-10(12(17)15-19)2-3-11(9)22(14,20)21;1-20-12(16)10-2-3-11-9(8-10)4-5-14(21(11,18)19)6-7-15-13(14)17/h3-4,9H,5-8H2,1-2H3;2-3,8,19H,4-7H2,1H3,(H,15,17);2-3,8H,4-7H2,1H3,(H,15,17). The number of nitrogens with zero attached hydrogens (tertiary/aromatic N) is 2. The van der Waals surface area contributed by atoms with E-state index in [1.807, 2.05) is 0 Å². The van der Waals surface area contributed by atoms with Crippen molar-refractivity contribution in [3.05, 3.63) is 88.0 Å². The molecular weight excluding hydrogens is 909 g/mol. The van der Waals surface area contributed by atoms with Crippen molar-refractivity contribution in [2.45, 2.75) is 86.7 Å². The van der Waals surface area contributed by atoms with Crippen molar-refractivity contribution in [2.75, 3.05) is 47.9 Å². The summed E-state index contributed by atoms with van der Waals surface area (Å²) in [6, 6.07) is 12.9. The third kappa shape index (κ3) is 7.28. The maximum Gasteiger partial charge on any atom is 0.337 e. The molecule has 0 aromatic heterocycles. The highest BCUT2D eigenvalue weighted by molar-refractivity contribution is 7.94. The van der Waals surface area contributed by atoms with Gasteiger partial charge in [-0.3, -0.25) is 24.4 Å². The van der Waals surface area contributed by atoms with Crippen LogP contribution in [-0.4, -0.2) is 138 Å². The first-order valence-corrected chi connectivity index (χ1v) is 25.1. The fourth-order valence-electron chi connectivity index (χ4n) is 9.77. The summed E-state index contributed by atoms with van der Waals surface area (Å²) in [6.45, 7) is 1.26. The molecule has 3 N–H and O–H groups in total. The number of rotatable bonds is 3. The SMILES string of the molecule is CN1CCC2(CCc3cc(C(=O)NO)ccc3S2(=O)=O)C1=O.COC(=O)c1ccc2c(c1)CCC1(CCN(C)C1=O)S2(=O)=O.COC(=O)c1ccc2c(c1)CCC1(CCNC1=O)S2(=O)=O. The zero-order valence-corrected chi connectivity index (χ0v) is 38.4. The van der Waals surface area contributed by atoms with Gasteiger partial charge < -0.3 is 24.6 Å². The van der Waals surface area contributed by atoms with E-state index >= 15 is 0 Å². The smallest absolute Gasteiger partial charge is 0.337 e. The van der Waals surface area contributed by atoms with E-state index in [0.717, 1.165) is 0 Å². The zero-order valence-electron chi connectivity index (χ0n) is 36.0. The summed E-state index contributed by atoms with van der Waals surface area (Å²) in [4.78, 5) is 74.7. The van der Waals surface area contributed by atoms with Gasteiger partial charge in [-0.2, -0.15) is 0 Å². The summed E-state index contributed by atoms with van der Waals surface area (Å²) in [5, 5.41) is 11.3. The molecule has 3 atom stereocenters. The maximum absolute atomic E-state index is 13.0. The van der Waals surface area contributed by atoms with E-state index in [1.54, 1.807) is 26.2 Å². The van der Waals surface area contributed by atoms with Gasteiger partial charge in [-0.25, -0.2) is 40.3 Å². The minimum absolute atomic E-state index is 0.108. The number of hydrogen-bond acceptors (Lipinski definition) is 15. The number of likely N-dealkylation sites (tertiary alicyclic amines) is 2. The highest BCUT2D eigenvalue weighted by Crippen LogP contribution is 2.46. The lowest BCUT2D eigenvalue weighted by atomic mass is 9.95. The Morgan fingerprint density at radius 1 is 0.585 bits per heavy atom. The summed E-state index contributed by atoms with van der Waals surface area (Å²) in [5.41, 5.74) is 4.00. The van der Waals surface area contributed by atoms with Crippen molar-refractivity contribution in [3.63, 3.8) is 0 Å². The number of aryl methyl sites for hydroxylation is 3. The van der Waals surface area contributed by atoms with Gasteiger partial charge in [0, 0.05) is 39.3 Å². The molecule has 22 heteroatoms. The highest BCUT2D eigenvalue weighted by atomic mass is 32.2. The summed E-state index contributed by atoms with van der Waals surface area (Å²) in [5.74, 6) is -2.79. The van der Waals surface area contributed by atoms with Crippen LogP contribution in [0.4, 0.5) is 0 Å². The van der Waals surface area contributed by atoms with Crippen LogP contribution >= 0.6 is 0 Å². The van der Waals surface area contributed by atoms with Crippen LogP contribution in [0, 0.1) is 0 Å². The number of carbonyl (C=O) groups excluding carboxylic acids is 6. The molecule has 6 aliphatic heterocycles. The Balaban J connectivity index is 0.000000145. The third-order valence-electron chi connectivity index (χ3n) is 13.6. The molecule has 348 valence electrons. The summed E-state index contributed by atoms with van der Waals surface area (Å²) >= 11 is 0. The minimum atomic E-state index is -3.80. The van der Waals surface area contributed by atoms with E-state index in [-0.39, 0.29) is 51.3 Å². The van der Waals surface area contributed by atoms with E-state index in [4.69, 9.17) is 5.21 Å². The molecule has 65 heavy (non-hydrogen) atoms. The van der Waals surface area contributed by atoms with Gasteiger partial charge in [-0.05, 0) is 129 Å². The van der Waals surface area contributed by atoms with E-state index in [9.17, 15) is 54.0 Å². The molecule has 19 nitrogen and oxygen atoms in total. The molecule has 4 amide bonds. The predicted octanol–water partition coefficient (Wildman–Crippen LogP) is 1.37. The summed E-state index contributed by atoms with van der Waals surface area (Å²) in [7, 11) is -5.51. The third-order valence-corrected chi connectivity index (χ3v) is 21.4. The molecule has 3 unspecified atom stereocenters.